The highest BCUT2D eigenvalue weighted by atomic mass is 16.4. The lowest BCUT2D eigenvalue weighted by Gasteiger charge is -2.19. The van der Waals surface area contributed by atoms with Gasteiger partial charge in [0.05, 0.1) is 11.1 Å². The molecular weight excluding hydrogens is 306 g/mol. The van der Waals surface area contributed by atoms with E-state index >= 15 is 0 Å². The standard InChI is InChI=1S/C18H21N3O3/c1-10(2)16(18(23)24)21-15-9-13(17(22)19-11-7-8-11)12-5-3-4-6-14(12)20-15/h3-6,9-11,16H,7-8H2,1-2H3,(H,19,22)(H,20,21)(H,23,24)/t16-/m0/s1. The summed E-state index contributed by atoms with van der Waals surface area (Å²) in [7, 11) is 0. The minimum Gasteiger partial charge on any atom is -0.480 e. The molecule has 126 valence electrons. The summed E-state index contributed by atoms with van der Waals surface area (Å²) in [5, 5.41) is 16.0. The minimum absolute atomic E-state index is 0.112. The molecule has 3 N–H and O–H groups in total. The first-order valence-corrected chi connectivity index (χ1v) is 8.15. The van der Waals surface area contributed by atoms with E-state index in [1.807, 2.05) is 38.1 Å². The molecule has 1 amide bonds. The molecule has 1 aliphatic rings. The Morgan fingerprint density at radius 2 is 1.96 bits per heavy atom. The molecule has 1 atom stereocenters. The highest BCUT2D eigenvalue weighted by molar-refractivity contribution is 6.07. The van der Waals surface area contributed by atoms with Gasteiger partial charge in [-0.1, -0.05) is 32.0 Å². The molecule has 6 nitrogen and oxygen atoms in total. The molecule has 1 aromatic carbocycles. The Labute approximate surface area is 140 Å². The summed E-state index contributed by atoms with van der Waals surface area (Å²) in [5.41, 5.74) is 1.18. The Balaban J connectivity index is 1.99. The number of aromatic nitrogens is 1. The molecule has 1 saturated carbocycles. The monoisotopic (exact) mass is 327 g/mol. The number of fused-ring (bicyclic) bond motifs is 1. The van der Waals surface area contributed by atoms with E-state index in [0.717, 1.165) is 18.2 Å². The Morgan fingerprint density at radius 3 is 2.58 bits per heavy atom. The first-order valence-electron chi connectivity index (χ1n) is 8.15. The van der Waals surface area contributed by atoms with E-state index in [1.54, 1.807) is 6.07 Å². The number of pyridine rings is 1. The quantitative estimate of drug-likeness (QED) is 0.759. The fraction of sp³-hybridized carbons (Fsp3) is 0.389. The van der Waals surface area contributed by atoms with Gasteiger partial charge in [-0.05, 0) is 30.9 Å². The molecule has 0 aliphatic heterocycles. The van der Waals surface area contributed by atoms with Crippen molar-refractivity contribution in [2.45, 2.75) is 38.8 Å². The molecule has 1 fully saturated rings. The summed E-state index contributed by atoms with van der Waals surface area (Å²) < 4.78 is 0. The summed E-state index contributed by atoms with van der Waals surface area (Å²) in [5.74, 6) is -0.797. The molecule has 1 aliphatic carbocycles. The summed E-state index contributed by atoms with van der Waals surface area (Å²) in [6.45, 7) is 3.65. The predicted molar refractivity (Wildman–Crippen MR) is 92.1 cm³/mol. The van der Waals surface area contributed by atoms with E-state index in [1.165, 1.54) is 0 Å². The second-order valence-corrected chi connectivity index (χ2v) is 6.52. The van der Waals surface area contributed by atoms with E-state index < -0.39 is 12.0 Å². The van der Waals surface area contributed by atoms with Gasteiger partial charge in [-0.3, -0.25) is 4.79 Å². The zero-order valence-corrected chi connectivity index (χ0v) is 13.7. The van der Waals surface area contributed by atoms with Crippen LogP contribution in [0.15, 0.2) is 30.3 Å². The van der Waals surface area contributed by atoms with Crippen LogP contribution in [0.2, 0.25) is 0 Å². The van der Waals surface area contributed by atoms with Crippen LogP contribution in [0, 0.1) is 5.92 Å². The van der Waals surface area contributed by atoms with Crippen molar-refractivity contribution in [2.75, 3.05) is 5.32 Å². The number of anilines is 1. The third kappa shape index (κ3) is 3.48. The Kier molecular flexibility index (Phi) is 4.38. The Bertz CT molecular complexity index is 784. The lowest BCUT2D eigenvalue weighted by Crippen LogP contribution is -2.34. The van der Waals surface area contributed by atoms with Gasteiger partial charge in [0.15, 0.2) is 0 Å². The molecular formula is C18H21N3O3. The number of rotatable bonds is 6. The second-order valence-electron chi connectivity index (χ2n) is 6.52. The molecule has 0 radical (unpaired) electrons. The zero-order chi connectivity index (χ0) is 17.3. The van der Waals surface area contributed by atoms with Crippen molar-refractivity contribution >= 4 is 28.6 Å². The maximum Gasteiger partial charge on any atom is 0.326 e. The highest BCUT2D eigenvalue weighted by Crippen LogP contribution is 2.24. The number of hydrogen-bond acceptors (Lipinski definition) is 4. The lowest BCUT2D eigenvalue weighted by atomic mass is 10.0. The van der Waals surface area contributed by atoms with Gasteiger partial charge in [-0.15, -0.1) is 0 Å². The van der Waals surface area contributed by atoms with E-state index in [9.17, 15) is 14.7 Å². The van der Waals surface area contributed by atoms with Crippen molar-refractivity contribution in [2.24, 2.45) is 5.92 Å². The number of aliphatic carboxylic acids is 1. The lowest BCUT2D eigenvalue weighted by molar-refractivity contribution is -0.138. The van der Waals surface area contributed by atoms with Gasteiger partial charge >= 0.3 is 5.97 Å². The van der Waals surface area contributed by atoms with E-state index in [4.69, 9.17) is 0 Å². The molecule has 1 heterocycles. The van der Waals surface area contributed by atoms with Crippen LogP contribution < -0.4 is 10.6 Å². The zero-order valence-electron chi connectivity index (χ0n) is 13.7. The number of hydrogen-bond donors (Lipinski definition) is 3. The molecule has 6 heteroatoms. The highest BCUT2D eigenvalue weighted by Gasteiger charge is 2.26. The summed E-state index contributed by atoms with van der Waals surface area (Å²) in [4.78, 5) is 28.4. The number of nitrogens with one attached hydrogen (secondary N) is 2. The Hall–Kier alpha value is -2.63. The van der Waals surface area contributed by atoms with Gasteiger partial charge in [0.2, 0.25) is 0 Å². The van der Waals surface area contributed by atoms with Crippen LogP contribution in [0.5, 0.6) is 0 Å². The number of nitrogens with zero attached hydrogens (tertiary/aromatic N) is 1. The second kappa shape index (κ2) is 6.47. The SMILES string of the molecule is CC(C)[C@H](Nc1cc(C(=O)NC2CC2)c2ccccc2n1)C(=O)O. The number of carboxylic acids is 1. The van der Waals surface area contributed by atoms with Crippen LogP contribution >= 0.6 is 0 Å². The molecule has 2 aromatic rings. The number of carbonyl (C=O) groups excluding carboxylic acids is 1. The van der Waals surface area contributed by atoms with Gasteiger partial charge in [0, 0.05) is 11.4 Å². The van der Waals surface area contributed by atoms with E-state index in [0.29, 0.717) is 16.9 Å². The van der Waals surface area contributed by atoms with Crippen molar-refractivity contribution < 1.29 is 14.7 Å². The van der Waals surface area contributed by atoms with E-state index in [2.05, 4.69) is 15.6 Å². The smallest absolute Gasteiger partial charge is 0.326 e. The maximum absolute atomic E-state index is 12.5. The van der Waals surface area contributed by atoms with Crippen molar-refractivity contribution in [3.05, 3.63) is 35.9 Å². The van der Waals surface area contributed by atoms with Crippen LogP contribution in [-0.2, 0) is 4.79 Å². The van der Waals surface area contributed by atoms with Crippen LogP contribution in [0.4, 0.5) is 5.82 Å². The molecule has 0 unspecified atom stereocenters. The fourth-order valence-electron chi connectivity index (χ4n) is 2.60. The molecule has 1 aromatic heterocycles. The van der Waals surface area contributed by atoms with Crippen molar-refractivity contribution in [3.8, 4) is 0 Å². The molecule has 0 saturated heterocycles. The van der Waals surface area contributed by atoms with Crippen molar-refractivity contribution in [3.63, 3.8) is 0 Å². The summed E-state index contributed by atoms with van der Waals surface area (Å²) >= 11 is 0. The first-order chi connectivity index (χ1) is 11.5. The normalized spacial score (nSPS) is 15.3. The largest absolute Gasteiger partial charge is 0.480 e. The van der Waals surface area contributed by atoms with Crippen LogP contribution in [-0.4, -0.2) is 34.1 Å². The van der Waals surface area contributed by atoms with Gasteiger partial charge in [0.1, 0.15) is 11.9 Å². The summed E-state index contributed by atoms with van der Waals surface area (Å²) in [6, 6.07) is 8.50. The predicted octanol–water partition coefficient (Wildman–Crippen LogP) is 2.65. The number of amides is 1. The molecule has 3 rings (SSSR count). The average molecular weight is 327 g/mol. The topological polar surface area (TPSA) is 91.3 Å². The third-order valence-corrected chi connectivity index (χ3v) is 4.11. The van der Waals surface area contributed by atoms with Crippen LogP contribution in [0.1, 0.15) is 37.0 Å². The first kappa shape index (κ1) is 16.2. The Morgan fingerprint density at radius 1 is 1.25 bits per heavy atom. The maximum atomic E-state index is 12.5. The van der Waals surface area contributed by atoms with Gasteiger partial charge in [-0.25, -0.2) is 9.78 Å². The van der Waals surface area contributed by atoms with Crippen molar-refractivity contribution in [1.82, 2.24) is 10.3 Å². The minimum atomic E-state index is -0.941. The number of carbonyl (C=O) groups is 2. The fourth-order valence-corrected chi connectivity index (χ4v) is 2.60. The molecule has 0 bridgehead atoms. The van der Waals surface area contributed by atoms with Gasteiger partial charge in [0.25, 0.3) is 5.91 Å². The molecule has 24 heavy (non-hydrogen) atoms. The number of carboxylic acid groups (broad SMARTS) is 1. The summed E-state index contributed by atoms with van der Waals surface area (Å²) in [6.07, 6.45) is 2.02. The van der Waals surface area contributed by atoms with Crippen molar-refractivity contribution in [1.29, 1.82) is 0 Å². The van der Waals surface area contributed by atoms with Gasteiger partial charge < -0.3 is 15.7 Å². The number of para-hydroxylation sites is 1. The van der Waals surface area contributed by atoms with E-state index in [-0.39, 0.29) is 17.9 Å². The average Bonchev–Trinajstić information content (AvgIpc) is 3.35. The third-order valence-electron chi connectivity index (χ3n) is 4.11. The van der Waals surface area contributed by atoms with Crippen LogP contribution in [0.3, 0.4) is 0 Å². The van der Waals surface area contributed by atoms with Crippen LogP contribution in [0.25, 0.3) is 10.9 Å². The number of benzene rings is 1. The van der Waals surface area contributed by atoms with Gasteiger partial charge in [-0.2, -0.15) is 0 Å². The molecule has 0 spiro atoms.